The van der Waals surface area contributed by atoms with Gasteiger partial charge in [0.25, 0.3) is 5.56 Å². The Kier molecular flexibility index (Phi) is 6.63. The van der Waals surface area contributed by atoms with Gasteiger partial charge in [-0.05, 0) is 37.1 Å². The number of amides is 2. The van der Waals surface area contributed by atoms with Crippen molar-refractivity contribution in [3.05, 3.63) is 63.9 Å². The van der Waals surface area contributed by atoms with Crippen LogP contribution in [-0.4, -0.2) is 32.7 Å². The molecule has 0 saturated heterocycles. The van der Waals surface area contributed by atoms with Crippen molar-refractivity contribution in [1.29, 1.82) is 0 Å². The molecular formula is C21H21N5O3S. The Labute approximate surface area is 177 Å². The molecule has 1 heterocycles. The maximum atomic E-state index is 12.5. The number of thioether (sulfide) groups is 1. The van der Waals surface area contributed by atoms with E-state index in [0.717, 1.165) is 28.6 Å². The number of rotatable bonds is 6. The maximum absolute atomic E-state index is 12.5. The summed E-state index contributed by atoms with van der Waals surface area (Å²) in [7, 11) is 0. The molecule has 154 valence electrons. The Hall–Kier alpha value is -3.46. The van der Waals surface area contributed by atoms with Crippen LogP contribution in [0.25, 0.3) is 11.3 Å². The molecule has 9 heteroatoms. The lowest BCUT2D eigenvalue weighted by atomic mass is 10.1. The second-order valence-corrected chi connectivity index (χ2v) is 7.58. The van der Waals surface area contributed by atoms with Crippen LogP contribution in [0.4, 0.5) is 11.4 Å². The highest BCUT2D eigenvalue weighted by Crippen LogP contribution is 2.24. The number of aromatic amines is 1. The summed E-state index contributed by atoms with van der Waals surface area (Å²) >= 11 is 1.08. The number of aromatic nitrogens is 3. The number of hydrogen-bond donors (Lipinski definition) is 3. The molecule has 30 heavy (non-hydrogen) atoms. The van der Waals surface area contributed by atoms with Crippen molar-refractivity contribution in [3.63, 3.8) is 0 Å². The first-order valence-corrected chi connectivity index (χ1v) is 10.2. The number of nitrogens with one attached hydrogen (secondary N) is 3. The summed E-state index contributed by atoms with van der Waals surface area (Å²) in [4.78, 5) is 38.8. The van der Waals surface area contributed by atoms with Crippen LogP contribution in [0.2, 0.25) is 0 Å². The summed E-state index contributed by atoms with van der Waals surface area (Å²) in [6, 6.07) is 12.5. The Morgan fingerprint density at radius 2 is 1.73 bits per heavy atom. The summed E-state index contributed by atoms with van der Waals surface area (Å²) in [5, 5.41) is 13.8. The van der Waals surface area contributed by atoms with Gasteiger partial charge in [0, 0.05) is 18.2 Å². The molecule has 0 aliphatic carbocycles. The quantitative estimate of drug-likeness (QED) is 0.525. The van der Waals surface area contributed by atoms with Crippen molar-refractivity contribution in [2.75, 3.05) is 16.4 Å². The molecule has 8 nitrogen and oxygen atoms in total. The van der Waals surface area contributed by atoms with Crippen molar-refractivity contribution >= 4 is 35.0 Å². The first kappa shape index (κ1) is 21.3. The van der Waals surface area contributed by atoms with E-state index in [-0.39, 0.29) is 28.4 Å². The fourth-order valence-corrected chi connectivity index (χ4v) is 3.36. The van der Waals surface area contributed by atoms with Gasteiger partial charge in [-0.25, -0.2) is 0 Å². The molecule has 0 aliphatic rings. The monoisotopic (exact) mass is 423 g/mol. The average molecular weight is 423 g/mol. The minimum absolute atomic E-state index is 0.0693. The molecule has 0 radical (unpaired) electrons. The van der Waals surface area contributed by atoms with Gasteiger partial charge in [0.05, 0.1) is 11.4 Å². The largest absolute Gasteiger partial charge is 0.326 e. The van der Waals surface area contributed by atoms with E-state index < -0.39 is 5.56 Å². The first-order chi connectivity index (χ1) is 14.3. The Morgan fingerprint density at radius 3 is 2.47 bits per heavy atom. The summed E-state index contributed by atoms with van der Waals surface area (Å²) in [6.07, 6.45) is 0. The normalized spacial score (nSPS) is 10.5. The Balaban J connectivity index is 1.71. The molecular weight excluding hydrogens is 402 g/mol. The van der Waals surface area contributed by atoms with Crippen LogP contribution in [0.15, 0.2) is 52.4 Å². The molecule has 0 unspecified atom stereocenters. The van der Waals surface area contributed by atoms with Crippen LogP contribution in [-0.2, 0) is 9.59 Å². The molecule has 3 rings (SSSR count). The van der Waals surface area contributed by atoms with Gasteiger partial charge >= 0.3 is 0 Å². The van der Waals surface area contributed by atoms with Crippen LogP contribution >= 0.6 is 11.8 Å². The maximum Gasteiger partial charge on any atom is 0.278 e. The molecule has 3 N–H and O–H groups in total. The number of H-pyrrole nitrogens is 1. The number of para-hydroxylation sites is 1. The molecule has 0 saturated carbocycles. The standard InChI is InChI=1S/C21H21N5O3S/c1-12-7-6-10-16(13(12)2)23-18(28)11-30-21-24-20(29)19(25-26-21)15-8-4-5-9-17(15)22-14(3)27/h4-10H,11H2,1-3H3,(H,22,27)(H,23,28)(H,24,26,29). The molecule has 0 fully saturated rings. The zero-order valence-electron chi connectivity index (χ0n) is 16.8. The van der Waals surface area contributed by atoms with E-state index in [1.165, 1.54) is 6.92 Å². The minimum Gasteiger partial charge on any atom is -0.326 e. The van der Waals surface area contributed by atoms with Gasteiger partial charge in [0.1, 0.15) is 0 Å². The van der Waals surface area contributed by atoms with Crippen LogP contribution in [0.3, 0.4) is 0 Å². The van der Waals surface area contributed by atoms with E-state index in [2.05, 4.69) is 25.8 Å². The second-order valence-electron chi connectivity index (χ2n) is 6.62. The zero-order valence-corrected chi connectivity index (χ0v) is 17.6. The van der Waals surface area contributed by atoms with Crippen LogP contribution in [0, 0.1) is 13.8 Å². The summed E-state index contributed by atoms with van der Waals surface area (Å²) < 4.78 is 0. The summed E-state index contributed by atoms with van der Waals surface area (Å²) in [6.45, 7) is 5.31. The van der Waals surface area contributed by atoms with Crippen molar-refractivity contribution in [2.24, 2.45) is 0 Å². The number of hydrogen-bond acceptors (Lipinski definition) is 6. The number of benzene rings is 2. The van der Waals surface area contributed by atoms with Gasteiger partial charge in [-0.15, -0.1) is 10.2 Å². The Bertz CT molecular complexity index is 1160. The number of aryl methyl sites for hydroxylation is 1. The lowest BCUT2D eigenvalue weighted by Gasteiger charge is -2.10. The molecule has 2 amide bonds. The molecule has 0 aliphatic heterocycles. The van der Waals surface area contributed by atoms with Crippen molar-refractivity contribution < 1.29 is 9.59 Å². The zero-order chi connectivity index (χ0) is 21.7. The van der Waals surface area contributed by atoms with Gasteiger partial charge < -0.3 is 10.6 Å². The van der Waals surface area contributed by atoms with Gasteiger partial charge in [-0.1, -0.05) is 42.1 Å². The van der Waals surface area contributed by atoms with Crippen LogP contribution in [0.5, 0.6) is 0 Å². The van der Waals surface area contributed by atoms with E-state index in [1.807, 2.05) is 32.0 Å². The number of carbonyl (C=O) groups is 2. The fraction of sp³-hybridized carbons (Fsp3) is 0.190. The fourth-order valence-electron chi connectivity index (χ4n) is 2.76. The van der Waals surface area contributed by atoms with E-state index in [0.29, 0.717) is 11.3 Å². The van der Waals surface area contributed by atoms with Crippen LogP contribution < -0.4 is 16.2 Å². The van der Waals surface area contributed by atoms with E-state index in [4.69, 9.17) is 0 Å². The smallest absolute Gasteiger partial charge is 0.278 e. The van der Waals surface area contributed by atoms with E-state index in [9.17, 15) is 14.4 Å². The van der Waals surface area contributed by atoms with Gasteiger partial charge in [-0.2, -0.15) is 0 Å². The molecule has 0 atom stereocenters. The Morgan fingerprint density at radius 1 is 1.00 bits per heavy atom. The van der Waals surface area contributed by atoms with Crippen molar-refractivity contribution in [1.82, 2.24) is 15.2 Å². The number of carbonyl (C=O) groups excluding carboxylic acids is 2. The van der Waals surface area contributed by atoms with E-state index >= 15 is 0 Å². The van der Waals surface area contributed by atoms with Crippen molar-refractivity contribution in [3.8, 4) is 11.3 Å². The molecule has 0 bridgehead atoms. The highest BCUT2D eigenvalue weighted by atomic mass is 32.2. The highest BCUT2D eigenvalue weighted by molar-refractivity contribution is 7.99. The molecule has 3 aromatic rings. The average Bonchev–Trinajstić information content (AvgIpc) is 2.70. The van der Waals surface area contributed by atoms with Gasteiger partial charge in [-0.3, -0.25) is 19.4 Å². The summed E-state index contributed by atoms with van der Waals surface area (Å²) in [5.74, 6) is -0.398. The van der Waals surface area contributed by atoms with Gasteiger partial charge in [0.15, 0.2) is 10.9 Å². The first-order valence-electron chi connectivity index (χ1n) is 9.18. The van der Waals surface area contributed by atoms with Crippen molar-refractivity contribution in [2.45, 2.75) is 25.9 Å². The summed E-state index contributed by atoms with van der Waals surface area (Å²) in [5.41, 5.74) is 3.41. The second kappa shape index (κ2) is 9.36. The van der Waals surface area contributed by atoms with E-state index in [1.54, 1.807) is 24.3 Å². The minimum atomic E-state index is -0.458. The molecule has 0 spiro atoms. The number of anilines is 2. The third-order valence-electron chi connectivity index (χ3n) is 4.39. The molecule has 1 aromatic heterocycles. The SMILES string of the molecule is CC(=O)Nc1ccccc1-c1nnc(SCC(=O)Nc2cccc(C)c2C)[nH]c1=O. The van der Waals surface area contributed by atoms with Gasteiger partial charge in [0.2, 0.25) is 11.8 Å². The third kappa shape index (κ3) is 5.12. The molecule has 2 aromatic carbocycles. The lowest BCUT2D eigenvalue weighted by Crippen LogP contribution is -2.18. The predicted molar refractivity (Wildman–Crippen MR) is 118 cm³/mol. The predicted octanol–water partition coefficient (Wildman–Crippen LogP) is 3.14. The topological polar surface area (TPSA) is 117 Å². The third-order valence-corrected chi connectivity index (χ3v) is 5.25. The van der Waals surface area contributed by atoms with Crippen LogP contribution in [0.1, 0.15) is 18.1 Å². The highest BCUT2D eigenvalue weighted by Gasteiger charge is 2.14. The number of nitrogens with zero attached hydrogens (tertiary/aromatic N) is 2. The lowest BCUT2D eigenvalue weighted by molar-refractivity contribution is -0.114.